The predicted octanol–water partition coefficient (Wildman–Crippen LogP) is 6.72. The maximum atomic E-state index is 6.21. The summed E-state index contributed by atoms with van der Waals surface area (Å²) in [7, 11) is 0. The summed E-state index contributed by atoms with van der Waals surface area (Å²) in [6, 6.07) is 19.9. The van der Waals surface area contributed by atoms with Gasteiger partial charge in [-0.2, -0.15) is 0 Å². The van der Waals surface area contributed by atoms with E-state index in [9.17, 15) is 0 Å². The van der Waals surface area contributed by atoms with Crippen LogP contribution in [0.15, 0.2) is 70.1 Å². The summed E-state index contributed by atoms with van der Waals surface area (Å²) in [6.07, 6.45) is 0.973. The second kappa shape index (κ2) is 9.82. The van der Waals surface area contributed by atoms with Crippen LogP contribution in [0, 0.1) is 13.8 Å². The standard InChI is InChI=1S/C28H30N2O3/c1-5-15-32-22-13-11-20(12-14-22)21-16-25(30-24-10-8-7-9-23(24)29)27-18(3)33-19(4)28(27)26(17-21)31-6-2/h7-14,16-17H,5-6,15,29H2,1-4H3. The predicted molar refractivity (Wildman–Crippen MR) is 134 cm³/mol. The van der Waals surface area contributed by atoms with Crippen molar-refractivity contribution in [2.45, 2.75) is 34.1 Å². The van der Waals surface area contributed by atoms with Gasteiger partial charge in [0, 0.05) is 0 Å². The molecule has 0 aliphatic carbocycles. The molecule has 0 saturated heterocycles. The van der Waals surface area contributed by atoms with Crippen LogP contribution in [0.2, 0.25) is 0 Å². The van der Waals surface area contributed by atoms with Gasteiger partial charge in [-0.1, -0.05) is 31.2 Å². The second-order valence-electron chi connectivity index (χ2n) is 7.93. The molecule has 0 amide bonds. The van der Waals surface area contributed by atoms with E-state index in [0.717, 1.165) is 62.4 Å². The van der Waals surface area contributed by atoms with E-state index in [1.807, 2.05) is 57.2 Å². The minimum Gasteiger partial charge on any atom is -0.494 e. The molecular formula is C28H30N2O3. The van der Waals surface area contributed by atoms with Gasteiger partial charge < -0.3 is 19.6 Å². The highest BCUT2D eigenvalue weighted by molar-refractivity contribution is 5.93. The molecule has 0 spiro atoms. The maximum Gasteiger partial charge on any atom is 0.131 e. The van der Waals surface area contributed by atoms with Crippen molar-refractivity contribution in [2.75, 3.05) is 18.9 Å². The first kappa shape index (κ1) is 22.5. The molecule has 0 atom stereocenters. The number of aryl methyl sites for hydroxylation is 2. The van der Waals surface area contributed by atoms with Crippen LogP contribution >= 0.6 is 0 Å². The second-order valence-corrected chi connectivity index (χ2v) is 7.93. The van der Waals surface area contributed by atoms with Crippen LogP contribution in [0.5, 0.6) is 11.5 Å². The van der Waals surface area contributed by atoms with Crippen LogP contribution in [0.1, 0.15) is 31.8 Å². The molecule has 5 nitrogen and oxygen atoms in total. The van der Waals surface area contributed by atoms with Crippen LogP contribution in [0.3, 0.4) is 0 Å². The molecule has 0 bridgehead atoms. The van der Waals surface area contributed by atoms with Gasteiger partial charge in [-0.15, -0.1) is 0 Å². The average Bonchev–Trinajstić information content (AvgIpc) is 3.01. The molecule has 3 aromatic carbocycles. The monoisotopic (exact) mass is 442 g/mol. The van der Waals surface area contributed by atoms with Crippen LogP contribution < -0.4 is 20.6 Å². The third-order valence-electron chi connectivity index (χ3n) is 5.48. The van der Waals surface area contributed by atoms with Crippen LogP contribution in [0.4, 0.5) is 11.4 Å². The summed E-state index contributed by atoms with van der Waals surface area (Å²) in [5.74, 6) is 3.22. The normalized spacial score (nSPS) is 11.7. The highest BCUT2D eigenvalue weighted by Crippen LogP contribution is 2.34. The lowest BCUT2D eigenvalue weighted by Crippen LogP contribution is -2.01. The number of rotatable bonds is 7. The number of hydrogen-bond acceptors (Lipinski definition) is 5. The van der Waals surface area contributed by atoms with E-state index in [0.29, 0.717) is 18.9 Å². The lowest BCUT2D eigenvalue weighted by molar-refractivity contribution is 0.317. The molecule has 0 radical (unpaired) electrons. The molecule has 33 heavy (non-hydrogen) atoms. The molecule has 0 aliphatic rings. The highest BCUT2D eigenvalue weighted by atomic mass is 16.5. The van der Waals surface area contributed by atoms with Crippen molar-refractivity contribution in [3.63, 3.8) is 0 Å². The fraction of sp³-hybridized carbons (Fsp3) is 0.250. The molecule has 5 heteroatoms. The molecule has 0 aliphatic heterocycles. The molecule has 4 aromatic rings. The number of nitrogens with zero attached hydrogens (tertiary/aromatic N) is 1. The fourth-order valence-electron chi connectivity index (χ4n) is 3.97. The van der Waals surface area contributed by atoms with Crippen molar-refractivity contribution in [2.24, 2.45) is 4.99 Å². The number of furan rings is 1. The number of nitrogens with two attached hydrogens (primary N) is 1. The van der Waals surface area contributed by atoms with Gasteiger partial charge >= 0.3 is 0 Å². The molecule has 0 unspecified atom stereocenters. The third-order valence-corrected chi connectivity index (χ3v) is 5.48. The molecular weight excluding hydrogens is 412 g/mol. The van der Waals surface area contributed by atoms with Gasteiger partial charge in [-0.3, -0.25) is 0 Å². The number of nitrogen functional groups attached to an aromatic ring is 1. The van der Waals surface area contributed by atoms with Gasteiger partial charge in [0.25, 0.3) is 0 Å². The zero-order valence-corrected chi connectivity index (χ0v) is 19.6. The first-order valence-electron chi connectivity index (χ1n) is 11.3. The summed E-state index contributed by atoms with van der Waals surface area (Å²) in [6.45, 7) is 9.24. The van der Waals surface area contributed by atoms with Crippen LogP contribution in [-0.2, 0) is 0 Å². The Morgan fingerprint density at radius 1 is 0.848 bits per heavy atom. The number of para-hydroxylation sites is 2. The first-order valence-corrected chi connectivity index (χ1v) is 11.3. The van der Waals surface area contributed by atoms with Crippen LogP contribution in [-0.4, -0.2) is 13.2 Å². The van der Waals surface area contributed by atoms with Crippen molar-refractivity contribution >= 4 is 22.1 Å². The molecule has 170 valence electrons. The minimum absolute atomic E-state index is 0.546. The van der Waals surface area contributed by atoms with E-state index in [2.05, 4.69) is 31.2 Å². The SMILES string of the molecule is CCCOc1ccc(-c2cc(OCC)c3c(C)oc(C)c3c(=Nc3ccccc3N)c2)cc1. The zero-order chi connectivity index (χ0) is 23.4. The first-order chi connectivity index (χ1) is 16.0. The van der Waals surface area contributed by atoms with Crippen molar-refractivity contribution in [1.82, 2.24) is 0 Å². The Labute approximate surface area is 194 Å². The average molecular weight is 443 g/mol. The number of anilines is 1. The van der Waals surface area contributed by atoms with Crippen molar-refractivity contribution in [3.05, 3.63) is 77.5 Å². The largest absolute Gasteiger partial charge is 0.494 e. The number of ether oxygens (including phenoxy) is 2. The van der Waals surface area contributed by atoms with E-state index in [1.165, 1.54) is 0 Å². The Morgan fingerprint density at radius 2 is 1.58 bits per heavy atom. The Balaban J connectivity index is 2.01. The summed E-state index contributed by atoms with van der Waals surface area (Å²) in [5, 5.41) is 2.63. The molecule has 0 fully saturated rings. The molecule has 2 N–H and O–H groups in total. The highest BCUT2D eigenvalue weighted by Gasteiger charge is 2.16. The fourth-order valence-corrected chi connectivity index (χ4v) is 3.97. The summed E-state index contributed by atoms with van der Waals surface area (Å²) >= 11 is 0. The minimum atomic E-state index is 0.546. The zero-order valence-electron chi connectivity index (χ0n) is 19.6. The summed E-state index contributed by atoms with van der Waals surface area (Å²) in [4.78, 5) is 4.96. The van der Waals surface area contributed by atoms with E-state index in [1.54, 1.807) is 0 Å². The van der Waals surface area contributed by atoms with Gasteiger partial charge in [-0.05, 0) is 74.7 Å². The van der Waals surface area contributed by atoms with Crippen molar-refractivity contribution in [1.29, 1.82) is 0 Å². The van der Waals surface area contributed by atoms with Gasteiger partial charge in [0.2, 0.25) is 0 Å². The molecule has 1 heterocycles. The maximum absolute atomic E-state index is 6.21. The molecule has 4 rings (SSSR count). The summed E-state index contributed by atoms with van der Waals surface area (Å²) in [5.41, 5.74) is 9.59. The number of hydrogen-bond donors (Lipinski definition) is 1. The summed E-state index contributed by atoms with van der Waals surface area (Å²) < 4.78 is 17.9. The topological polar surface area (TPSA) is 70.0 Å². The number of benzene rings is 2. The van der Waals surface area contributed by atoms with E-state index in [4.69, 9.17) is 24.6 Å². The lowest BCUT2D eigenvalue weighted by atomic mass is 10.1. The Hall–Kier alpha value is -3.73. The van der Waals surface area contributed by atoms with E-state index >= 15 is 0 Å². The quantitative estimate of drug-likeness (QED) is 0.323. The Kier molecular flexibility index (Phi) is 6.68. The molecule has 0 saturated carbocycles. The van der Waals surface area contributed by atoms with Crippen molar-refractivity contribution < 1.29 is 13.9 Å². The molecule has 1 aromatic heterocycles. The van der Waals surface area contributed by atoms with Gasteiger partial charge in [0.1, 0.15) is 23.0 Å². The van der Waals surface area contributed by atoms with Crippen LogP contribution in [0.25, 0.3) is 21.9 Å². The smallest absolute Gasteiger partial charge is 0.131 e. The van der Waals surface area contributed by atoms with E-state index < -0.39 is 0 Å². The Morgan fingerprint density at radius 3 is 2.27 bits per heavy atom. The van der Waals surface area contributed by atoms with Gasteiger partial charge in [0.05, 0.1) is 40.7 Å². The van der Waals surface area contributed by atoms with Gasteiger partial charge in [-0.25, -0.2) is 4.99 Å². The third kappa shape index (κ3) is 4.72. The lowest BCUT2D eigenvalue weighted by Gasteiger charge is -2.07. The van der Waals surface area contributed by atoms with E-state index in [-0.39, 0.29) is 0 Å². The number of fused-ring (bicyclic) bond motifs is 1. The van der Waals surface area contributed by atoms with Gasteiger partial charge in [0.15, 0.2) is 0 Å². The Bertz CT molecular complexity index is 1340. The van der Waals surface area contributed by atoms with Crippen molar-refractivity contribution in [3.8, 4) is 22.6 Å².